The van der Waals surface area contributed by atoms with Crippen LogP contribution in [0.15, 0.2) is 48.5 Å². The number of anilines is 1. The Labute approximate surface area is 193 Å². The normalized spacial score (nSPS) is 11.6. The summed E-state index contributed by atoms with van der Waals surface area (Å²) in [6, 6.07) is 14.7. The van der Waals surface area contributed by atoms with E-state index in [1.165, 1.54) is 0 Å². The Bertz CT molecular complexity index is 1090. The number of aliphatic hydroxyl groups is 1. The smallest absolute Gasteiger partial charge is 0.166 e. The first kappa shape index (κ1) is 23.6. The third-order valence-electron chi connectivity index (χ3n) is 5.32. The highest BCUT2D eigenvalue weighted by atomic mass is 35.5. The van der Waals surface area contributed by atoms with Crippen molar-refractivity contribution in [2.45, 2.75) is 19.6 Å². The van der Waals surface area contributed by atoms with Crippen LogP contribution in [0.25, 0.3) is 0 Å². The number of aliphatic hydroxyl groups excluding tert-OH is 1. The second-order valence-corrected chi connectivity index (χ2v) is 7.61. The number of ether oxygens (including phenoxy) is 4. The van der Waals surface area contributed by atoms with Gasteiger partial charge in [-0.3, -0.25) is 0 Å². The van der Waals surface area contributed by atoms with Crippen molar-refractivity contribution in [3.8, 4) is 23.0 Å². The van der Waals surface area contributed by atoms with Gasteiger partial charge in [0.2, 0.25) is 0 Å². The minimum Gasteiger partial charge on any atom is -0.497 e. The fourth-order valence-corrected chi connectivity index (χ4v) is 3.73. The number of halogens is 1. The van der Waals surface area contributed by atoms with Gasteiger partial charge in [0.1, 0.15) is 17.6 Å². The quantitative estimate of drug-likeness (QED) is 0.449. The van der Waals surface area contributed by atoms with E-state index in [-0.39, 0.29) is 0 Å². The van der Waals surface area contributed by atoms with Crippen molar-refractivity contribution in [1.82, 2.24) is 0 Å². The third-order valence-corrected chi connectivity index (χ3v) is 5.72. The van der Waals surface area contributed by atoms with Gasteiger partial charge < -0.3 is 29.4 Å². The number of aryl methyl sites for hydroxylation is 1. The Kier molecular flexibility index (Phi) is 7.72. The van der Waals surface area contributed by atoms with Crippen LogP contribution in [0.2, 0.25) is 5.02 Å². The Balaban J connectivity index is 1.98. The molecule has 0 bridgehead atoms. The monoisotopic (exact) mass is 457 g/mol. The average Bonchev–Trinajstić information content (AvgIpc) is 2.83. The van der Waals surface area contributed by atoms with E-state index in [1.807, 2.05) is 37.3 Å². The molecule has 6 nitrogen and oxygen atoms in total. The molecular weight excluding hydrogens is 430 g/mol. The third kappa shape index (κ3) is 4.87. The fraction of sp³-hybridized carbons (Fsp3) is 0.280. The SMILES string of the molecule is COc1ccc(CNc2cc(C)c(Cl)cc2C(O)c2cccc(OC)c2OC)c(OC)c1. The first-order chi connectivity index (χ1) is 15.4. The van der Waals surface area contributed by atoms with E-state index in [2.05, 4.69) is 5.32 Å². The van der Waals surface area contributed by atoms with Crippen LogP contribution < -0.4 is 24.3 Å². The maximum atomic E-state index is 11.3. The Hall–Kier alpha value is -3.09. The Morgan fingerprint density at radius 1 is 0.875 bits per heavy atom. The molecule has 0 saturated carbocycles. The molecule has 0 heterocycles. The molecule has 0 aromatic heterocycles. The molecule has 0 radical (unpaired) electrons. The lowest BCUT2D eigenvalue weighted by Gasteiger charge is -2.22. The van der Waals surface area contributed by atoms with Crippen LogP contribution in [-0.4, -0.2) is 33.5 Å². The summed E-state index contributed by atoms with van der Waals surface area (Å²) in [6.45, 7) is 2.40. The van der Waals surface area contributed by atoms with Crippen molar-refractivity contribution in [1.29, 1.82) is 0 Å². The molecule has 32 heavy (non-hydrogen) atoms. The molecular formula is C25H28ClNO5. The lowest BCUT2D eigenvalue weighted by molar-refractivity contribution is 0.213. The minimum atomic E-state index is -0.988. The summed E-state index contributed by atoms with van der Waals surface area (Å²) in [7, 11) is 6.34. The molecule has 0 fully saturated rings. The van der Waals surface area contributed by atoms with Gasteiger partial charge in [-0.2, -0.15) is 0 Å². The second-order valence-electron chi connectivity index (χ2n) is 7.21. The standard InChI is InChI=1S/C25H28ClNO5/c1-15-11-21(27-14-16-9-10-17(29-2)12-23(16)31-4)19(13-20(15)26)24(28)18-7-6-8-22(30-3)25(18)32-5/h6-13,24,27-28H,14H2,1-5H3. The highest BCUT2D eigenvalue weighted by Gasteiger charge is 2.22. The highest BCUT2D eigenvalue weighted by molar-refractivity contribution is 6.31. The molecule has 0 aliphatic heterocycles. The van der Waals surface area contributed by atoms with Gasteiger partial charge in [-0.1, -0.05) is 23.7 Å². The molecule has 170 valence electrons. The molecule has 3 aromatic rings. The molecule has 1 unspecified atom stereocenters. The van der Waals surface area contributed by atoms with Gasteiger partial charge in [0.25, 0.3) is 0 Å². The van der Waals surface area contributed by atoms with E-state index < -0.39 is 6.10 Å². The van der Waals surface area contributed by atoms with Crippen molar-refractivity contribution in [2.24, 2.45) is 0 Å². The molecule has 3 aromatic carbocycles. The number of hydrogen-bond acceptors (Lipinski definition) is 6. The van der Waals surface area contributed by atoms with E-state index in [1.54, 1.807) is 46.6 Å². The highest BCUT2D eigenvalue weighted by Crippen LogP contribution is 2.40. The lowest BCUT2D eigenvalue weighted by Crippen LogP contribution is -2.09. The van der Waals surface area contributed by atoms with E-state index in [0.717, 1.165) is 16.8 Å². The van der Waals surface area contributed by atoms with Gasteiger partial charge in [0, 0.05) is 40.0 Å². The largest absolute Gasteiger partial charge is 0.497 e. The van der Waals surface area contributed by atoms with Crippen molar-refractivity contribution >= 4 is 17.3 Å². The molecule has 0 spiro atoms. The summed E-state index contributed by atoms with van der Waals surface area (Å²) in [6.07, 6.45) is -0.988. The lowest BCUT2D eigenvalue weighted by atomic mass is 9.97. The Morgan fingerprint density at radius 2 is 1.62 bits per heavy atom. The van der Waals surface area contributed by atoms with Crippen molar-refractivity contribution in [3.63, 3.8) is 0 Å². The van der Waals surface area contributed by atoms with Crippen LogP contribution in [0, 0.1) is 6.92 Å². The van der Waals surface area contributed by atoms with Gasteiger partial charge in [-0.05, 0) is 42.8 Å². The average molecular weight is 458 g/mol. The van der Waals surface area contributed by atoms with Gasteiger partial charge in [-0.15, -0.1) is 0 Å². The number of benzene rings is 3. The summed E-state index contributed by atoms with van der Waals surface area (Å²) < 4.78 is 21.7. The predicted octanol–water partition coefficient (Wildman–Crippen LogP) is 5.38. The molecule has 2 N–H and O–H groups in total. The summed E-state index contributed by atoms with van der Waals surface area (Å²) in [5.41, 5.74) is 3.79. The number of para-hydroxylation sites is 1. The predicted molar refractivity (Wildman–Crippen MR) is 127 cm³/mol. The number of methoxy groups -OCH3 is 4. The zero-order valence-electron chi connectivity index (χ0n) is 18.9. The molecule has 0 aliphatic rings. The van der Waals surface area contributed by atoms with Crippen molar-refractivity contribution < 1.29 is 24.1 Å². The van der Waals surface area contributed by atoms with Crippen LogP contribution in [0.5, 0.6) is 23.0 Å². The summed E-state index contributed by atoms with van der Waals surface area (Å²) in [5, 5.41) is 15.3. The van der Waals surface area contributed by atoms with E-state index in [0.29, 0.717) is 45.7 Å². The van der Waals surface area contributed by atoms with E-state index in [4.69, 9.17) is 30.5 Å². The van der Waals surface area contributed by atoms with Crippen LogP contribution in [0.4, 0.5) is 5.69 Å². The maximum Gasteiger partial charge on any atom is 0.166 e. The molecule has 3 rings (SSSR count). The zero-order valence-corrected chi connectivity index (χ0v) is 19.6. The number of rotatable bonds is 9. The van der Waals surface area contributed by atoms with Gasteiger partial charge in [0.15, 0.2) is 11.5 Å². The van der Waals surface area contributed by atoms with Gasteiger partial charge in [-0.25, -0.2) is 0 Å². The Morgan fingerprint density at radius 3 is 2.28 bits per heavy atom. The first-order valence-corrected chi connectivity index (χ1v) is 10.4. The zero-order chi connectivity index (χ0) is 23.3. The van der Waals surface area contributed by atoms with E-state index >= 15 is 0 Å². The van der Waals surface area contributed by atoms with Crippen LogP contribution in [0.3, 0.4) is 0 Å². The second kappa shape index (κ2) is 10.5. The summed E-state index contributed by atoms with van der Waals surface area (Å²) in [5.74, 6) is 2.44. The minimum absolute atomic E-state index is 0.474. The maximum absolute atomic E-state index is 11.3. The fourth-order valence-electron chi connectivity index (χ4n) is 3.56. The molecule has 0 amide bonds. The molecule has 0 aliphatic carbocycles. The molecule has 7 heteroatoms. The summed E-state index contributed by atoms with van der Waals surface area (Å²) in [4.78, 5) is 0. The summed E-state index contributed by atoms with van der Waals surface area (Å²) >= 11 is 6.42. The van der Waals surface area contributed by atoms with Crippen LogP contribution in [-0.2, 0) is 6.54 Å². The number of nitrogens with one attached hydrogen (secondary N) is 1. The van der Waals surface area contributed by atoms with E-state index in [9.17, 15) is 5.11 Å². The van der Waals surface area contributed by atoms with Crippen molar-refractivity contribution in [3.05, 3.63) is 75.8 Å². The van der Waals surface area contributed by atoms with Gasteiger partial charge >= 0.3 is 0 Å². The van der Waals surface area contributed by atoms with Crippen molar-refractivity contribution in [2.75, 3.05) is 33.8 Å². The van der Waals surface area contributed by atoms with Crippen LogP contribution in [0.1, 0.15) is 28.4 Å². The van der Waals surface area contributed by atoms with Gasteiger partial charge in [0.05, 0.1) is 28.4 Å². The van der Waals surface area contributed by atoms with Crippen LogP contribution >= 0.6 is 11.6 Å². The molecule has 0 saturated heterocycles. The number of hydrogen-bond donors (Lipinski definition) is 2. The topological polar surface area (TPSA) is 69.2 Å². The first-order valence-electron chi connectivity index (χ1n) is 10.1. The molecule has 1 atom stereocenters.